The summed E-state index contributed by atoms with van der Waals surface area (Å²) in [7, 11) is -1.72. The molecular weight excluding hydrogens is 416 g/mol. The van der Waals surface area contributed by atoms with Gasteiger partial charge in [-0.1, -0.05) is 62.7 Å². The number of nitrogens with zero attached hydrogens (tertiary/aromatic N) is 3. The zero-order valence-corrected chi connectivity index (χ0v) is 20.2. The van der Waals surface area contributed by atoms with Crippen LogP contribution < -0.4 is 5.32 Å². The molecule has 0 aliphatic heterocycles. The van der Waals surface area contributed by atoms with Crippen molar-refractivity contribution in [2.45, 2.75) is 38.9 Å². The molecule has 8 heteroatoms. The molecule has 0 amide bonds. The molecule has 1 aromatic carbocycles. The van der Waals surface area contributed by atoms with Gasteiger partial charge in [0.25, 0.3) is 0 Å². The first-order valence-corrected chi connectivity index (χ1v) is 13.5. The molecule has 2 heterocycles. The van der Waals surface area contributed by atoms with Crippen molar-refractivity contribution in [3.8, 4) is 11.1 Å². The van der Waals surface area contributed by atoms with Crippen LogP contribution in [-0.2, 0) is 9.16 Å². The predicted molar refractivity (Wildman–Crippen MR) is 126 cm³/mol. The number of rotatable bonds is 9. The summed E-state index contributed by atoms with van der Waals surface area (Å²) in [5.41, 5.74) is 2.72. The molecule has 1 N–H and O–H groups in total. The highest BCUT2D eigenvalue weighted by Gasteiger charge is 2.36. The fourth-order valence-electron chi connectivity index (χ4n) is 2.81. The predicted octanol–water partition coefficient (Wildman–Crippen LogP) is 5.50. The Morgan fingerprint density at radius 1 is 1.10 bits per heavy atom. The second-order valence-corrected chi connectivity index (χ2v) is 14.0. The van der Waals surface area contributed by atoms with Gasteiger partial charge in [-0.05, 0) is 23.7 Å². The monoisotopic (exact) mass is 446 g/mol. The second kappa shape index (κ2) is 9.47. The van der Waals surface area contributed by atoms with Gasteiger partial charge in [-0.3, -0.25) is 0 Å². The van der Waals surface area contributed by atoms with Crippen LogP contribution in [-0.4, -0.2) is 49.3 Å². The van der Waals surface area contributed by atoms with E-state index in [1.54, 1.807) is 10.6 Å². The van der Waals surface area contributed by atoms with Crippen LogP contribution in [0.15, 0.2) is 42.6 Å². The van der Waals surface area contributed by atoms with Crippen molar-refractivity contribution in [1.29, 1.82) is 0 Å². The number of benzene rings is 1. The average molecular weight is 447 g/mol. The quantitative estimate of drug-likeness (QED) is 0.267. The molecule has 0 aliphatic rings. The normalized spacial score (nSPS) is 12.5. The molecule has 0 fully saturated rings. The Labute approximate surface area is 184 Å². The summed E-state index contributed by atoms with van der Waals surface area (Å²) < 4.78 is 13.6. The standard InChI is InChI=1S/C22H31ClN4O2Si/c1-22(2,3)30(4,5)29-14-13-28-12-11-24-20-15-19(23)26-21-18(16-25-27(20)21)17-9-7-6-8-10-17/h6-10,15-16,24H,11-14H2,1-5H3. The van der Waals surface area contributed by atoms with E-state index in [0.29, 0.717) is 31.5 Å². The molecule has 30 heavy (non-hydrogen) atoms. The van der Waals surface area contributed by atoms with E-state index in [1.807, 2.05) is 36.5 Å². The first kappa shape index (κ1) is 22.7. The Kier molecular flexibility index (Phi) is 7.18. The van der Waals surface area contributed by atoms with Gasteiger partial charge < -0.3 is 14.5 Å². The average Bonchev–Trinajstić information content (AvgIpc) is 3.10. The third-order valence-electron chi connectivity index (χ3n) is 5.57. The van der Waals surface area contributed by atoms with E-state index in [9.17, 15) is 0 Å². The zero-order chi connectivity index (χ0) is 21.8. The smallest absolute Gasteiger partial charge is 0.192 e. The maximum atomic E-state index is 6.26. The van der Waals surface area contributed by atoms with E-state index >= 15 is 0 Å². The Morgan fingerprint density at radius 3 is 2.53 bits per heavy atom. The van der Waals surface area contributed by atoms with Crippen LogP contribution in [0, 0.1) is 0 Å². The highest BCUT2D eigenvalue weighted by atomic mass is 35.5. The van der Waals surface area contributed by atoms with E-state index in [0.717, 1.165) is 22.6 Å². The third-order valence-corrected chi connectivity index (χ3v) is 10.3. The van der Waals surface area contributed by atoms with E-state index in [1.165, 1.54) is 0 Å². The summed E-state index contributed by atoms with van der Waals surface area (Å²) in [6, 6.07) is 11.8. The highest BCUT2D eigenvalue weighted by molar-refractivity contribution is 6.74. The van der Waals surface area contributed by atoms with E-state index in [2.05, 4.69) is 49.3 Å². The van der Waals surface area contributed by atoms with Crippen molar-refractivity contribution in [3.05, 3.63) is 47.7 Å². The van der Waals surface area contributed by atoms with Crippen LogP contribution >= 0.6 is 11.6 Å². The maximum Gasteiger partial charge on any atom is 0.192 e. The van der Waals surface area contributed by atoms with Gasteiger partial charge in [0.1, 0.15) is 11.0 Å². The van der Waals surface area contributed by atoms with Gasteiger partial charge in [0, 0.05) is 18.2 Å². The number of ether oxygens (including phenoxy) is 1. The van der Waals surface area contributed by atoms with Crippen LogP contribution in [0.5, 0.6) is 0 Å². The SMILES string of the molecule is CC(C)(C)[Si](C)(C)OCCOCCNc1cc(Cl)nc2c(-c3ccccc3)cnn12. The van der Waals surface area contributed by atoms with Gasteiger partial charge in [-0.25, -0.2) is 4.98 Å². The minimum atomic E-state index is -1.72. The Bertz CT molecular complexity index is 970. The lowest BCUT2D eigenvalue weighted by Gasteiger charge is -2.36. The van der Waals surface area contributed by atoms with Crippen LogP contribution in [0.4, 0.5) is 5.82 Å². The van der Waals surface area contributed by atoms with Gasteiger partial charge in [-0.2, -0.15) is 9.61 Å². The van der Waals surface area contributed by atoms with Crippen LogP contribution in [0.3, 0.4) is 0 Å². The van der Waals surface area contributed by atoms with Crippen molar-refractivity contribution in [3.63, 3.8) is 0 Å². The van der Waals surface area contributed by atoms with Gasteiger partial charge in [0.05, 0.1) is 26.0 Å². The largest absolute Gasteiger partial charge is 0.414 e. The molecule has 0 atom stereocenters. The Balaban J connectivity index is 1.54. The minimum Gasteiger partial charge on any atom is -0.414 e. The highest BCUT2D eigenvalue weighted by Crippen LogP contribution is 2.36. The fraction of sp³-hybridized carbons (Fsp3) is 0.455. The zero-order valence-electron chi connectivity index (χ0n) is 18.4. The van der Waals surface area contributed by atoms with Crippen molar-refractivity contribution in [2.24, 2.45) is 0 Å². The van der Waals surface area contributed by atoms with Crippen LogP contribution in [0.25, 0.3) is 16.8 Å². The number of fused-ring (bicyclic) bond motifs is 1. The van der Waals surface area contributed by atoms with Gasteiger partial charge in [0.15, 0.2) is 14.0 Å². The summed E-state index contributed by atoms with van der Waals surface area (Å²) in [6.45, 7) is 13.6. The summed E-state index contributed by atoms with van der Waals surface area (Å²) in [6.07, 6.45) is 1.81. The fourth-order valence-corrected chi connectivity index (χ4v) is 4.02. The van der Waals surface area contributed by atoms with Crippen LogP contribution in [0.1, 0.15) is 20.8 Å². The van der Waals surface area contributed by atoms with E-state index in [-0.39, 0.29) is 5.04 Å². The van der Waals surface area contributed by atoms with Gasteiger partial charge >= 0.3 is 0 Å². The molecule has 3 rings (SSSR count). The molecular formula is C22H31ClN4O2Si. The first-order valence-electron chi connectivity index (χ1n) is 10.2. The molecule has 3 aromatic rings. The summed E-state index contributed by atoms with van der Waals surface area (Å²) in [4.78, 5) is 4.47. The summed E-state index contributed by atoms with van der Waals surface area (Å²) in [5, 5.41) is 8.47. The lowest BCUT2D eigenvalue weighted by molar-refractivity contribution is 0.102. The molecule has 2 aromatic heterocycles. The topological polar surface area (TPSA) is 60.7 Å². The molecule has 0 bridgehead atoms. The Hall–Kier alpha value is -1.93. The molecule has 0 spiro atoms. The van der Waals surface area contributed by atoms with Crippen molar-refractivity contribution < 1.29 is 9.16 Å². The number of halogens is 1. The third kappa shape index (κ3) is 5.40. The molecule has 0 saturated heterocycles. The summed E-state index contributed by atoms with van der Waals surface area (Å²) in [5.74, 6) is 0.785. The van der Waals surface area contributed by atoms with Gasteiger partial charge in [-0.15, -0.1) is 0 Å². The minimum absolute atomic E-state index is 0.211. The molecule has 0 radical (unpaired) electrons. The number of hydrogen-bond acceptors (Lipinski definition) is 5. The Morgan fingerprint density at radius 2 is 1.83 bits per heavy atom. The maximum absolute atomic E-state index is 6.26. The van der Waals surface area contributed by atoms with E-state index in [4.69, 9.17) is 20.8 Å². The lowest BCUT2D eigenvalue weighted by Crippen LogP contribution is -2.41. The molecule has 6 nitrogen and oxygen atoms in total. The van der Waals surface area contributed by atoms with Crippen molar-refractivity contribution >= 4 is 31.4 Å². The number of hydrogen-bond donors (Lipinski definition) is 1. The van der Waals surface area contributed by atoms with Crippen molar-refractivity contribution in [2.75, 3.05) is 31.7 Å². The molecule has 0 saturated carbocycles. The van der Waals surface area contributed by atoms with Gasteiger partial charge in [0.2, 0.25) is 0 Å². The molecule has 0 aliphatic carbocycles. The second-order valence-electron chi connectivity index (χ2n) is 8.77. The molecule has 0 unspecified atom stereocenters. The number of nitrogens with one attached hydrogen (secondary N) is 1. The first-order chi connectivity index (χ1) is 14.2. The van der Waals surface area contributed by atoms with Crippen LogP contribution in [0.2, 0.25) is 23.3 Å². The number of anilines is 1. The molecule has 162 valence electrons. The number of aromatic nitrogens is 3. The van der Waals surface area contributed by atoms with Crippen molar-refractivity contribution in [1.82, 2.24) is 14.6 Å². The van der Waals surface area contributed by atoms with E-state index < -0.39 is 8.32 Å². The lowest BCUT2D eigenvalue weighted by atomic mass is 10.1. The summed E-state index contributed by atoms with van der Waals surface area (Å²) >= 11 is 6.26.